The number of piperazine rings is 1. The minimum Gasteiger partial charge on any atom is -0.462 e. The van der Waals surface area contributed by atoms with Crippen molar-refractivity contribution >= 4 is 34.1 Å². The van der Waals surface area contributed by atoms with Gasteiger partial charge in [0.25, 0.3) is 5.91 Å². The van der Waals surface area contributed by atoms with Gasteiger partial charge in [-0.1, -0.05) is 48.5 Å². The third kappa shape index (κ3) is 5.94. The van der Waals surface area contributed by atoms with Gasteiger partial charge in [-0.05, 0) is 30.5 Å². The van der Waals surface area contributed by atoms with Crippen molar-refractivity contribution in [1.82, 2.24) is 19.8 Å². The van der Waals surface area contributed by atoms with Crippen LogP contribution in [0.4, 0.5) is 14.6 Å². The van der Waals surface area contributed by atoms with E-state index < -0.39 is 23.9 Å². The summed E-state index contributed by atoms with van der Waals surface area (Å²) in [5.41, 5.74) is 2.49. The van der Waals surface area contributed by atoms with Gasteiger partial charge in [-0.2, -0.15) is 15.2 Å². The Hall–Kier alpha value is -3.85. The Morgan fingerprint density at radius 3 is 2.73 bits per heavy atom. The van der Waals surface area contributed by atoms with E-state index in [4.69, 9.17) is 31.0 Å². The number of amides is 1. The maximum atomic E-state index is 14.0. The molecule has 1 amide bonds. The van der Waals surface area contributed by atoms with Crippen LogP contribution in [0.2, 0.25) is 5.02 Å². The minimum atomic E-state index is -1.06. The Kier molecular flexibility index (Phi) is 8.67. The summed E-state index contributed by atoms with van der Waals surface area (Å²) in [6.07, 6.45) is -0.409. The number of carbonyl (C=O) groups is 1. The smallest absolute Gasteiger partial charge is 0.318 e. The molecule has 0 radical (unpaired) electrons. The van der Waals surface area contributed by atoms with E-state index in [1.807, 2.05) is 53.2 Å². The van der Waals surface area contributed by atoms with Crippen molar-refractivity contribution in [3.8, 4) is 12.1 Å². The van der Waals surface area contributed by atoms with Crippen molar-refractivity contribution in [2.45, 2.75) is 50.2 Å². The first kappa shape index (κ1) is 30.2. The second-order valence-corrected chi connectivity index (χ2v) is 12.0. The van der Waals surface area contributed by atoms with Gasteiger partial charge in [-0.25, -0.2) is 8.78 Å². The van der Waals surface area contributed by atoms with Crippen LogP contribution in [0.1, 0.15) is 35.8 Å². The number of carbonyl (C=O) groups excluding carboxylic acids is 1. The Labute approximate surface area is 259 Å². The number of rotatable bonds is 7. The Bertz CT molecular complexity index is 1630. The molecule has 0 saturated carbocycles. The molecule has 230 valence electrons. The number of likely N-dealkylation sites (tertiary alicyclic amines) is 1. The third-order valence-corrected chi connectivity index (χ3v) is 9.05. The average molecular weight is 623 g/mol. The van der Waals surface area contributed by atoms with Crippen LogP contribution in [0.15, 0.2) is 48.8 Å². The number of nitrogens with zero attached hydrogens (tertiary/aromatic N) is 6. The predicted octanol–water partition coefficient (Wildman–Crippen LogP) is 4.93. The molecule has 3 aliphatic heterocycles. The molecule has 0 bridgehead atoms. The molecule has 4 atom stereocenters. The SMILES string of the molecule is C=C(F)C(=O)N1CCN(c2nc(OC[C@@H]3C[C@H](F)CN3C)nc3c2COC(c2cccc4cccc(Cl)c24)C3)C[C@@H]1CC#N. The number of nitriles is 1. The summed E-state index contributed by atoms with van der Waals surface area (Å²) in [5.74, 6) is -1.29. The zero-order chi connectivity index (χ0) is 31.0. The fourth-order valence-corrected chi connectivity index (χ4v) is 6.77. The molecule has 9 nitrogen and oxygen atoms in total. The summed E-state index contributed by atoms with van der Waals surface area (Å²) in [7, 11) is 1.87. The van der Waals surface area contributed by atoms with Crippen LogP contribution >= 0.6 is 11.6 Å². The summed E-state index contributed by atoms with van der Waals surface area (Å²) in [6.45, 7) is 4.74. The van der Waals surface area contributed by atoms with Gasteiger partial charge < -0.3 is 19.3 Å². The number of alkyl halides is 1. The third-order valence-electron chi connectivity index (χ3n) is 8.74. The van der Waals surface area contributed by atoms with E-state index in [1.54, 1.807) is 0 Å². The monoisotopic (exact) mass is 622 g/mol. The largest absolute Gasteiger partial charge is 0.462 e. The van der Waals surface area contributed by atoms with Crippen LogP contribution in [0, 0.1) is 11.3 Å². The molecule has 3 aromatic rings. The van der Waals surface area contributed by atoms with Gasteiger partial charge in [0.2, 0.25) is 0 Å². The molecular formula is C32H33ClF2N6O3. The van der Waals surface area contributed by atoms with Gasteiger partial charge in [0.15, 0.2) is 5.83 Å². The van der Waals surface area contributed by atoms with Gasteiger partial charge in [0.1, 0.15) is 18.6 Å². The molecule has 0 aliphatic carbocycles. The molecule has 3 aliphatic rings. The first-order chi connectivity index (χ1) is 21.2. The van der Waals surface area contributed by atoms with E-state index >= 15 is 0 Å². The fraction of sp³-hybridized carbons (Fsp3) is 0.438. The maximum absolute atomic E-state index is 14.0. The van der Waals surface area contributed by atoms with Gasteiger partial charge in [-0.15, -0.1) is 0 Å². The second kappa shape index (κ2) is 12.6. The molecule has 2 aromatic carbocycles. The van der Waals surface area contributed by atoms with E-state index in [9.17, 15) is 18.8 Å². The normalized spacial score (nSPS) is 23.8. The number of halogens is 3. The molecule has 0 N–H and O–H groups in total. The summed E-state index contributed by atoms with van der Waals surface area (Å²) in [5, 5.41) is 12.0. The van der Waals surface area contributed by atoms with Crippen molar-refractivity contribution in [3.63, 3.8) is 0 Å². The molecule has 1 unspecified atom stereocenters. The van der Waals surface area contributed by atoms with E-state index in [0.29, 0.717) is 36.8 Å². The summed E-state index contributed by atoms with van der Waals surface area (Å²) >= 11 is 6.63. The lowest BCUT2D eigenvalue weighted by Crippen LogP contribution is -2.55. The maximum Gasteiger partial charge on any atom is 0.318 e. The zero-order valence-electron chi connectivity index (χ0n) is 24.4. The number of aromatic nitrogens is 2. The van der Waals surface area contributed by atoms with Gasteiger partial charge in [0.05, 0.1) is 36.9 Å². The highest BCUT2D eigenvalue weighted by Crippen LogP contribution is 2.39. The predicted molar refractivity (Wildman–Crippen MR) is 162 cm³/mol. The molecule has 6 rings (SSSR count). The molecule has 1 aromatic heterocycles. The number of fused-ring (bicyclic) bond motifs is 2. The Morgan fingerprint density at radius 1 is 1.20 bits per heavy atom. The van der Waals surface area contributed by atoms with Crippen molar-refractivity contribution in [2.24, 2.45) is 0 Å². The zero-order valence-corrected chi connectivity index (χ0v) is 25.1. The highest BCUT2D eigenvalue weighted by molar-refractivity contribution is 6.35. The van der Waals surface area contributed by atoms with Crippen LogP contribution in [0.25, 0.3) is 10.8 Å². The summed E-state index contributed by atoms with van der Waals surface area (Å²) in [6, 6.07) is 13.4. The number of hydrogen-bond donors (Lipinski definition) is 0. The number of anilines is 1. The standard InChI is InChI=1S/C32H33ClF2N6O3/c1-19(34)31(42)41-12-11-40(16-22(41)9-10-36)30-25-18-43-28(24-7-3-5-20-6-4-8-26(33)29(20)24)14-27(25)37-32(38-30)44-17-23-13-21(35)15-39(23)2/h3-8,21-23,28H,1,9,11-18H2,2H3/t21-,22-,23-,28?/m0/s1. The Morgan fingerprint density at radius 2 is 2.00 bits per heavy atom. The number of hydrogen-bond acceptors (Lipinski definition) is 8. The van der Waals surface area contributed by atoms with Gasteiger partial charge in [-0.3, -0.25) is 9.69 Å². The number of ether oxygens (including phenoxy) is 2. The molecule has 44 heavy (non-hydrogen) atoms. The van der Waals surface area contributed by atoms with Crippen molar-refractivity contribution in [2.75, 3.05) is 44.7 Å². The van der Waals surface area contributed by atoms with E-state index in [0.717, 1.165) is 27.6 Å². The second-order valence-electron chi connectivity index (χ2n) is 11.5. The first-order valence-corrected chi connectivity index (χ1v) is 15.0. The van der Waals surface area contributed by atoms with Crippen molar-refractivity contribution in [1.29, 1.82) is 5.26 Å². The van der Waals surface area contributed by atoms with E-state index in [2.05, 4.69) is 12.6 Å². The highest BCUT2D eigenvalue weighted by Gasteiger charge is 2.36. The highest BCUT2D eigenvalue weighted by atomic mass is 35.5. The number of benzene rings is 2. The van der Waals surface area contributed by atoms with Crippen molar-refractivity contribution in [3.05, 3.63) is 70.6 Å². The molecule has 0 spiro atoms. The van der Waals surface area contributed by atoms with E-state index in [1.165, 1.54) is 4.90 Å². The lowest BCUT2D eigenvalue weighted by molar-refractivity contribution is -0.131. The van der Waals surface area contributed by atoms with Crippen LogP contribution < -0.4 is 9.64 Å². The lowest BCUT2D eigenvalue weighted by atomic mass is 9.94. The molecule has 2 saturated heterocycles. The summed E-state index contributed by atoms with van der Waals surface area (Å²) in [4.78, 5) is 27.3. The van der Waals surface area contributed by atoms with E-state index in [-0.39, 0.29) is 50.9 Å². The first-order valence-electron chi connectivity index (χ1n) is 14.7. The fourth-order valence-electron chi connectivity index (χ4n) is 6.48. The average Bonchev–Trinajstić information content (AvgIpc) is 3.35. The Balaban J connectivity index is 1.34. The van der Waals surface area contributed by atoms with Gasteiger partial charge >= 0.3 is 6.01 Å². The minimum absolute atomic E-state index is 0.0188. The molecule has 2 fully saturated rings. The quantitative estimate of drug-likeness (QED) is 0.343. The molecule has 12 heteroatoms. The van der Waals surface area contributed by atoms with Crippen LogP contribution in [-0.4, -0.2) is 83.8 Å². The molecular weight excluding hydrogens is 590 g/mol. The van der Waals surface area contributed by atoms with Crippen LogP contribution in [-0.2, 0) is 22.6 Å². The van der Waals surface area contributed by atoms with Gasteiger partial charge in [0, 0.05) is 54.6 Å². The lowest BCUT2D eigenvalue weighted by Gasteiger charge is -2.42. The number of likely N-dealkylation sites (N-methyl/N-ethyl adjacent to an activating group) is 1. The van der Waals surface area contributed by atoms with Crippen LogP contribution in [0.3, 0.4) is 0 Å². The topological polar surface area (TPSA) is 94.8 Å². The van der Waals surface area contributed by atoms with Crippen LogP contribution in [0.5, 0.6) is 6.01 Å². The molecule has 4 heterocycles. The summed E-state index contributed by atoms with van der Waals surface area (Å²) < 4.78 is 40.3. The van der Waals surface area contributed by atoms with Crippen molar-refractivity contribution < 1.29 is 23.0 Å².